The lowest BCUT2D eigenvalue weighted by Crippen LogP contribution is -2.11. The lowest BCUT2D eigenvalue weighted by Gasteiger charge is -2.20. The average Bonchev–Trinajstić information content (AvgIpc) is 3.33. The molecule has 0 bridgehead atoms. The summed E-state index contributed by atoms with van der Waals surface area (Å²) in [6.45, 7) is 4.33. The third-order valence-electron chi connectivity index (χ3n) is 6.78. The fraction of sp³-hybridized carbons (Fsp3) is 0.462. The average molecular weight is 397 g/mol. The van der Waals surface area contributed by atoms with Crippen LogP contribution in [0.4, 0.5) is 8.78 Å². The van der Waals surface area contributed by atoms with E-state index in [1.165, 1.54) is 55.7 Å². The summed E-state index contributed by atoms with van der Waals surface area (Å²) in [5.41, 5.74) is 3.65. The van der Waals surface area contributed by atoms with Gasteiger partial charge in [-0.2, -0.15) is 4.39 Å². The molecule has 154 valence electrons. The molecule has 2 aromatic rings. The minimum Gasteiger partial charge on any atom is -0.491 e. The molecule has 0 heterocycles. The molecular weight excluding hydrogens is 366 g/mol. The predicted octanol–water partition coefficient (Wildman–Crippen LogP) is 7.65. The maximum Gasteiger partial charge on any atom is 0.201 e. The van der Waals surface area contributed by atoms with Gasteiger partial charge in [0.25, 0.3) is 0 Å². The van der Waals surface area contributed by atoms with Gasteiger partial charge in [-0.25, -0.2) is 4.39 Å². The fourth-order valence-electron chi connectivity index (χ4n) is 5.33. The highest BCUT2D eigenvalue weighted by Crippen LogP contribution is 2.52. The van der Waals surface area contributed by atoms with Crippen LogP contribution in [0, 0.1) is 29.4 Å². The van der Waals surface area contributed by atoms with Crippen molar-refractivity contribution in [2.24, 2.45) is 17.8 Å². The molecule has 0 N–H and O–H groups in total. The van der Waals surface area contributed by atoms with Gasteiger partial charge in [-0.05, 0) is 72.8 Å². The van der Waals surface area contributed by atoms with Gasteiger partial charge in [0, 0.05) is 5.56 Å². The Morgan fingerprint density at radius 2 is 1.69 bits per heavy atom. The SMILES string of the molecule is CCCCC1CCC2C(c3ccc(-c4ccc(OCC)c(F)c4F)cc3)=CCC12. The van der Waals surface area contributed by atoms with Crippen molar-refractivity contribution in [3.8, 4) is 16.9 Å². The molecule has 2 aliphatic rings. The van der Waals surface area contributed by atoms with E-state index in [0.29, 0.717) is 18.1 Å². The van der Waals surface area contributed by atoms with Crippen LogP contribution in [0.3, 0.4) is 0 Å². The highest BCUT2D eigenvalue weighted by atomic mass is 19.2. The number of rotatable bonds is 7. The van der Waals surface area contributed by atoms with Gasteiger partial charge in [-0.1, -0.05) is 56.5 Å². The normalized spacial score (nSPS) is 23.2. The first-order valence-corrected chi connectivity index (χ1v) is 11.1. The highest BCUT2D eigenvalue weighted by Gasteiger charge is 2.40. The third-order valence-corrected chi connectivity index (χ3v) is 6.78. The van der Waals surface area contributed by atoms with Gasteiger partial charge in [0.1, 0.15) is 0 Å². The lowest BCUT2D eigenvalue weighted by atomic mass is 9.85. The molecule has 0 aliphatic heterocycles. The van der Waals surface area contributed by atoms with Crippen LogP contribution in [0.15, 0.2) is 42.5 Å². The van der Waals surface area contributed by atoms with Crippen LogP contribution in [-0.2, 0) is 0 Å². The quantitative estimate of drug-likeness (QED) is 0.467. The Morgan fingerprint density at radius 1 is 0.931 bits per heavy atom. The van der Waals surface area contributed by atoms with Gasteiger partial charge in [0.05, 0.1) is 6.61 Å². The Morgan fingerprint density at radius 3 is 2.41 bits per heavy atom. The fourth-order valence-corrected chi connectivity index (χ4v) is 5.33. The van der Waals surface area contributed by atoms with E-state index >= 15 is 0 Å². The Kier molecular flexibility index (Phi) is 6.03. The topological polar surface area (TPSA) is 9.23 Å². The molecule has 0 saturated heterocycles. The van der Waals surface area contributed by atoms with E-state index in [2.05, 4.69) is 25.1 Å². The zero-order chi connectivity index (χ0) is 20.4. The van der Waals surface area contributed by atoms with Gasteiger partial charge in [0.15, 0.2) is 11.6 Å². The Bertz CT molecular complexity index is 884. The number of allylic oxidation sites excluding steroid dienone is 2. The molecule has 0 spiro atoms. The van der Waals surface area contributed by atoms with Crippen molar-refractivity contribution in [3.63, 3.8) is 0 Å². The van der Waals surface area contributed by atoms with Gasteiger partial charge >= 0.3 is 0 Å². The zero-order valence-corrected chi connectivity index (χ0v) is 17.4. The van der Waals surface area contributed by atoms with Gasteiger partial charge in [-0.3, -0.25) is 0 Å². The van der Waals surface area contributed by atoms with E-state index < -0.39 is 11.6 Å². The van der Waals surface area contributed by atoms with Crippen LogP contribution in [-0.4, -0.2) is 6.61 Å². The first-order chi connectivity index (χ1) is 14.1. The van der Waals surface area contributed by atoms with Crippen molar-refractivity contribution in [3.05, 3.63) is 59.7 Å². The summed E-state index contributed by atoms with van der Waals surface area (Å²) in [4.78, 5) is 0. The van der Waals surface area contributed by atoms with E-state index in [4.69, 9.17) is 4.74 Å². The van der Waals surface area contributed by atoms with Crippen molar-refractivity contribution in [1.29, 1.82) is 0 Å². The Balaban J connectivity index is 1.52. The molecule has 2 aliphatic carbocycles. The number of ether oxygens (including phenoxy) is 1. The summed E-state index contributed by atoms with van der Waals surface area (Å²) in [6, 6.07) is 11.0. The minimum atomic E-state index is -0.918. The number of hydrogen-bond acceptors (Lipinski definition) is 1. The van der Waals surface area contributed by atoms with Crippen molar-refractivity contribution in [2.45, 2.75) is 52.4 Å². The summed E-state index contributed by atoms with van der Waals surface area (Å²) < 4.78 is 33.9. The third kappa shape index (κ3) is 3.84. The van der Waals surface area contributed by atoms with Gasteiger partial charge in [0.2, 0.25) is 5.82 Å². The van der Waals surface area contributed by atoms with E-state index in [1.807, 2.05) is 12.1 Å². The van der Waals surface area contributed by atoms with Crippen LogP contribution >= 0.6 is 0 Å². The van der Waals surface area contributed by atoms with E-state index in [0.717, 1.165) is 11.8 Å². The van der Waals surface area contributed by atoms with Crippen molar-refractivity contribution >= 4 is 5.57 Å². The molecule has 1 saturated carbocycles. The number of benzene rings is 2. The lowest BCUT2D eigenvalue weighted by molar-refractivity contribution is 0.314. The molecular formula is C26H30F2O. The Hall–Kier alpha value is -2.16. The first-order valence-electron chi connectivity index (χ1n) is 11.1. The van der Waals surface area contributed by atoms with E-state index in [1.54, 1.807) is 13.0 Å². The molecule has 0 radical (unpaired) electrons. The maximum atomic E-state index is 14.5. The molecule has 29 heavy (non-hydrogen) atoms. The van der Waals surface area contributed by atoms with Crippen molar-refractivity contribution in [1.82, 2.24) is 0 Å². The second-order valence-electron chi connectivity index (χ2n) is 8.39. The predicted molar refractivity (Wildman–Crippen MR) is 115 cm³/mol. The number of hydrogen-bond donors (Lipinski definition) is 0. The van der Waals surface area contributed by atoms with Crippen LogP contribution in [0.2, 0.25) is 0 Å². The van der Waals surface area contributed by atoms with Crippen LogP contribution in [0.5, 0.6) is 5.75 Å². The molecule has 4 rings (SSSR count). The molecule has 3 heteroatoms. The second kappa shape index (κ2) is 8.69. The van der Waals surface area contributed by atoms with E-state index in [-0.39, 0.29) is 11.3 Å². The summed E-state index contributed by atoms with van der Waals surface area (Å²) in [6.07, 6.45) is 10.2. The van der Waals surface area contributed by atoms with Crippen LogP contribution < -0.4 is 4.74 Å². The number of unbranched alkanes of at least 4 members (excludes halogenated alkanes) is 1. The Labute approximate surface area is 172 Å². The molecule has 1 nitrogen and oxygen atoms in total. The van der Waals surface area contributed by atoms with Crippen LogP contribution in [0.1, 0.15) is 57.9 Å². The molecule has 3 unspecified atom stereocenters. The standard InChI is InChI=1S/C26H30F2O/c1-3-5-6-17-11-12-23-20(17)13-14-21(23)18-7-9-19(10-8-18)22-15-16-24(29-4-2)26(28)25(22)27/h7-10,14-17,20,23H,3-6,11-13H2,1-2H3. The van der Waals surface area contributed by atoms with Gasteiger partial charge in [-0.15, -0.1) is 0 Å². The van der Waals surface area contributed by atoms with Gasteiger partial charge < -0.3 is 4.74 Å². The monoisotopic (exact) mass is 396 g/mol. The maximum absolute atomic E-state index is 14.5. The summed E-state index contributed by atoms with van der Waals surface area (Å²) >= 11 is 0. The number of fused-ring (bicyclic) bond motifs is 1. The van der Waals surface area contributed by atoms with Crippen molar-refractivity contribution in [2.75, 3.05) is 6.61 Å². The minimum absolute atomic E-state index is 0.0358. The molecule has 3 atom stereocenters. The first kappa shape index (κ1) is 20.1. The highest BCUT2D eigenvalue weighted by molar-refractivity contribution is 5.73. The largest absolute Gasteiger partial charge is 0.491 e. The van der Waals surface area contributed by atoms with E-state index in [9.17, 15) is 8.78 Å². The molecule has 2 aromatic carbocycles. The smallest absolute Gasteiger partial charge is 0.201 e. The second-order valence-corrected chi connectivity index (χ2v) is 8.39. The molecule has 0 aromatic heterocycles. The molecule has 1 fully saturated rings. The summed E-state index contributed by atoms with van der Waals surface area (Å²) in [5, 5.41) is 0. The molecule has 0 amide bonds. The van der Waals surface area contributed by atoms with Crippen LogP contribution in [0.25, 0.3) is 16.7 Å². The van der Waals surface area contributed by atoms with Crippen molar-refractivity contribution < 1.29 is 13.5 Å². The summed E-state index contributed by atoms with van der Waals surface area (Å²) in [7, 11) is 0. The number of halogens is 2. The summed E-state index contributed by atoms with van der Waals surface area (Å²) in [5.74, 6) is 0.536. The zero-order valence-electron chi connectivity index (χ0n) is 17.4.